The summed E-state index contributed by atoms with van der Waals surface area (Å²) in [5, 5.41) is 6.57. The number of nitrogens with zero attached hydrogens (tertiary/aromatic N) is 3. The molecule has 6 nitrogen and oxygen atoms in total. The van der Waals surface area contributed by atoms with E-state index in [0.717, 1.165) is 19.5 Å². The summed E-state index contributed by atoms with van der Waals surface area (Å²) < 4.78 is 42.1. The van der Waals surface area contributed by atoms with Crippen molar-refractivity contribution in [3.05, 3.63) is 23.9 Å². The van der Waals surface area contributed by atoms with Crippen LogP contribution in [0.15, 0.2) is 23.3 Å². The maximum atomic E-state index is 12.4. The molecule has 0 aromatic carbocycles. The highest BCUT2D eigenvalue weighted by atomic mass is 19.4. The van der Waals surface area contributed by atoms with Crippen LogP contribution in [-0.2, 0) is 6.54 Å². The van der Waals surface area contributed by atoms with E-state index in [1.165, 1.54) is 31.9 Å². The largest absolute Gasteiger partial charge is 0.468 e. The summed E-state index contributed by atoms with van der Waals surface area (Å²) in [6.45, 7) is 1.01. The fraction of sp³-hybridized carbons (Fsp3) is 0.684. The number of rotatable bonds is 6. The summed E-state index contributed by atoms with van der Waals surface area (Å²) in [5.74, 6) is 0.611. The Labute approximate surface area is 163 Å². The number of alkyl halides is 3. The van der Waals surface area contributed by atoms with Crippen LogP contribution in [0.2, 0.25) is 0 Å². The third kappa shape index (κ3) is 5.98. The van der Waals surface area contributed by atoms with Crippen molar-refractivity contribution in [1.82, 2.24) is 20.5 Å². The minimum absolute atomic E-state index is 0.0175. The number of aliphatic imine (C=N–C) groups is 1. The van der Waals surface area contributed by atoms with Crippen molar-refractivity contribution >= 4 is 5.96 Å². The van der Waals surface area contributed by atoms with Gasteiger partial charge in [0.15, 0.2) is 12.6 Å². The minimum Gasteiger partial charge on any atom is -0.468 e. The normalized spacial score (nSPS) is 21.9. The van der Waals surface area contributed by atoms with Crippen LogP contribution >= 0.6 is 0 Å². The van der Waals surface area contributed by atoms with Gasteiger partial charge in [-0.3, -0.25) is 9.89 Å². The third-order valence-electron chi connectivity index (χ3n) is 5.29. The lowest BCUT2D eigenvalue weighted by Crippen LogP contribution is -2.45. The fourth-order valence-corrected chi connectivity index (χ4v) is 3.91. The minimum atomic E-state index is -4.40. The number of halogens is 3. The number of aromatic nitrogens is 1. The summed E-state index contributed by atoms with van der Waals surface area (Å²) in [6.07, 6.45) is 3.32. The second-order valence-corrected chi connectivity index (χ2v) is 7.36. The van der Waals surface area contributed by atoms with Crippen LogP contribution in [0, 0.1) is 0 Å². The van der Waals surface area contributed by atoms with Crippen molar-refractivity contribution < 1.29 is 17.9 Å². The van der Waals surface area contributed by atoms with Crippen LogP contribution in [0.1, 0.15) is 37.7 Å². The summed E-state index contributed by atoms with van der Waals surface area (Å²) >= 11 is 0. The van der Waals surface area contributed by atoms with Gasteiger partial charge in [0.25, 0.3) is 0 Å². The van der Waals surface area contributed by atoms with Crippen molar-refractivity contribution in [3.8, 4) is 5.88 Å². The van der Waals surface area contributed by atoms with Gasteiger partial charge in [-0.2, -0.15) is 13.2 Å². The Balaban J connectivity index is 1.49. The van der Waals surface area contributed by atoms with E-state index in [0.29, 0.717) is 23.6 Å². The Morgan fingerprint density at radius 3 is 2.82 bits per heavy atom. The van der Waals surface area contributed by atoms with Crippen molar-refractivity contribution in [1.29, 1.82) is 0 Å². The summed E-state index contributed by atoms with van der Waals surface area (Å²) in [4.78, 5) is 10.7. The lowest BCUT2D eigenvalue weighted by Gasteiger charge is -2.24. The standard InChI is InChI=1S/C19H28F3N5O/c1-23-18(26-15-8-10-27(12-15)16-6-2-3-7-16)25-11-14-5-4-9-24-17(14)28-13-19(20,21)22/h4-5,9,15-16H,2-3,6-8,10-13H2,1H3,(H2,23,25,26). The molecule has 1 aliphatic heterocycles. The predicted molar refractivity (Wildman–Crippen MR) is 101 cm³/mol. The zero-order valence-electron chi connectivity index (χ0n) is 16.1. The third-order valence-corrected chi connectivity index (χ3v) is 5.29. The predicted octanol–water partition coefficient (Wildman–Crippen LogP) is 2.70. The molecule has 28 heavy (non-hydrogen) atoms. The monoisotopic (exact) mass is 399 g/mol. The molecule has 0 amide bonds. The Hall–Kier alpha value is -2.03. The number of ether oxygens (including phenoxy) is 1. The molecule has 1 aliphatic carbocycles. The Morgan fingerprint density at radius 1 is 1.32 bits per heavy atom. The molecule has 1 saturated carbocycles. The molecule has 2 aliphatic rings. The molecular formula is C19H28F3N5O. The molecule has 3 rings (SSSR count). The van der Waals surface area contributed by atoms with Crippen LogP contribution in [0.25, 0.3) is 0 Å². The van der Waals surface area contributed by atoms with Crippen molar-refractivity contribution in [2.75, 3.05) is 26.7 Å². The average Bonchev–Trinajstić information content (AvgIpc) is 3.35. The van der Waals surface area contributed by atoms with Gasteiger partial charge in [-0.1, -0.05) is 18.9 Å². The Bertz CT molecular complexity index is 661. The molecule has 0 radical (unpaired) electrons. The highest BCUT2D eigenvalue weighted by molar-refractivity contribution is 5.80. The molecule has 1 aromatic rings. The lowest BCUT2D eigenvalue weighted by atomic mass is 10.2. The summed E-state index contributed by atoms with van der Waals surface area (Å²) in [6, 6.07) is 4.40. The first kappa shape index (κ1) is 20.7. The van der Waals surface area contributed by atoms with Gasteiger partial charge in [-0.25, -0.2) is 4.98 Å². The van der Waals surface area contributed by atoms with E-state index in [2.05, 4.69) is 25.5 Å². The highest BCUT2D eigenvalue weighted by Gasteiger charge is 2.31. The van der Waals surface area contributed by atoms with E-state index >= 15 is 0 Å². The summed E-state index contributed by atoms with van der Waals surface area (Å²) in [7, 11) is 1.68. The second kappa shape index (κ2) is 9.45. The smallest absolute Gasteiger partial charge is 0.422 e. The van der Waals surface area contributed by atoms with Gasteiger partial charge in [0, 0.05) is 50.5 Å². The molecule has 1 atom stereocenters. The first-order valence-electron chi connectivity index (χ1n) is 9.79. The topological polar surface area (TPSA) is 61.8 Å². The van der Waals surface area contributed by atoms with Crippen molar-refractivity contribution in [2.24, 2.45) is 4.99 Å². The van der Waals surface area contributed by atoms with Crippen molar-refractivity contribution in [3.63, 3.8) is 0 Å². The Morgan fingerprint density at radius 2 is 2.11 bits per heavy atom. The van der Waals surface area contributed by atoms with Gasteiger partial charge < -0.3 is 15.4 Å². The van der Waals surface area contributed by atoms with Gasteiger partial charge in [0.2, 0.25) is 5.88 Å². The molecule has 9 heteroatoms. The molecule has 1 aromatic heterocycles. The van der Waals surface area contributed by atoms with Crippen LogP contribution in [0.5, 0.6) is 5.88 Å². The van der Waals surface area contributed by atoms with Crippen LogP contribution in [0.3, 0.4) is 0 Å². The highest BCUT2D eigenvalue weighted by Crippen LogP contribution is 2.26. The van der Waals surface area contributed by atoms with Crippen LogP contribution in [0.4, 0.5) is 13.2 Å². The van der Waals surface area contributed by atoms with Gasteiger partial charge in [-0.05, 0) is 25.3 Å². The molecule has 0 bridgehead atoms. The fourth-order valence-electron chi connectivity index (χ4n) is 3.91. The number of pyridine rings is 1. The number of nitrogens with one attached hydrogen (secondary N) is 2. The molecule has 0 spiro atoms. The van der Waals surface area contributed by atoms with Gasteiger partial charge in [0.05, 0.1) is 0 Å². The maximum Gasteiger partial charge on any atom is 0.422 e. The van der Waals surface area contributed by atoms with E-state index < -0.39 is 12.8 Å². The Kier molecular flexibility index (Phi) is 6.98. The van der Waals surface area contributed by atoms with E-state index in [4.69, 9.17) is 4.74 Å². The number of likely N-dealkylation sites (tertiary alicyclic amines) is 1. The SMILES string of the molecule is CN=C(NCc1cccnc1OCC(F)(F)F)NC1CCN(C2CCCC2)C1. The maximum absolute atomic E-state index is 12.4. The number of guanidine groups is 1. The van der Waals surface area contributed by atoms with E-state index in [1.807, 2.05) is 0 Å². The molecular weight excluding hydrogens is 371 g/mol. The van der Waals surface area contributed by atoms with Gasteiger partial charge in [-0.15, -0.1) is 0 Å². The summed E-state index contributed by atoms with van der Waals surface area (Å²) in [5.41, 5.74) is 0.550. The quantitative estimate of drug-likeness (QED) is 0.569. The van der Waals surface area contributed by atoms with Crippen molar-refractivity contribution in [2.45, 2.75) is 56.9 Å². The van der Waals surface area contributed by atoms with Crippen LogP contribution in [-0.4, -0.2) is 60.8 Å². The number of hydrogen-bond acceptors (Lipinski definition) is 4. The van der Waals surface area contributed by atoms with E-state index in [-0.39, 0.29) is 12.4 Å². The molecule has 2 fully saturated rings. The first-order chi connectivity index (χ1) is 13.4. The zero-order valence-corrected chi connectivity index (χ0v) is 16.1. The molecule has 2 N–H and O–H groups in total. The van der Waals surface area contributed by atoms with E-state index in [9.17, 15) is 13.2 Å². The van der Waals surface area contributed by atoms with Gasteiger partial charge in [0.1, 0.15) is 0 Å². The molecule has 156 valence electrons. The molecule has 1 saturated heterocycles. The lowest BCUT2D eigenvalue weighted by molar-refractivity contribution is -0.154. The van der Waals surface area contributed by atoms with Gasteiger partial charge >= 0.3 is 6.18 Å². The second-order valence-electron chi connectivity index (χ2n) is 7.36. The zero-order chi connectivity index (χ0) is 20.0. The average molecular weight is 399 g/mol. The molecule has 1 unspecified atom stereocenters. The van der Waals surface area contributed by atoms with E-state index in [1.54, 1.807) is 19.2 Å². The molecule has 2 heterocycles. The first-order valence-corrected chi connectivity index (χ1v) is 9.79. The van der Waals surface area contributed by atoms with Crippen LogP contribution < -0.4 is 15.4 Å². The number of hydrogen-bond donors (Lipinski definition) is 2.